The third-order valence-electron chi connectivity index (χ3n) is 3.06. The molecule has 2 nitrogen and oxygen atoms in total. The van der Waals surface area contributed by atoms with Crippen LogP contribution in [0.25, 0.3) is 0 Å². The minimum absolute atomic E-state index is 0.000984. The third-order valence-corrected chi connectivity index (χ3v) is 3.55. The van der Waals surface area contributed by atoms with Crippen LogP contribution in [0.4, 0.5) is 4.39 Å². The number of hydrogen-bond donors (Lipinski definition) is 1. The van der Waals surface area contributed by atoms with Gasteiger partial charge in [0, 0.05) is 29.2 Å². The van der Waals surface area contributed by atoms with E-state index >= 15 is 0 Å². The summed E-state index contributed by atoms with van der Waals surface area (Å²) < 4.78 is 14.7. The van der Waals surface area contributed by atoms with Crippen LogP contribution in [0.15, 0.2) is 22.7 Å². The largest absolute Gasteiger partial charge is 0.310 e. The van der Waals surface area contributed by atoms with Crippen LogP contribution >= 0.6 is 15.9 Å². The topological polar surface area (TPSA) is 15.3 Å². The van der Waals surface area contributed by atoms with Crippen LogP contribution < -0.4 is 5.32 Å². The molecule has 0 heterocycles. The third kappa shape index (κ3) is 5.59. The van der Waals surface area contributed by atoms with Gasteiger partial charge in [-0.2, -0.15) is 0 Å². The molecular formula is C15H24BrFN2. The molecule has 0 bridgehead atoms. The smallest absolute Gasteiger partial charge is 0.128 e. The van der Waals surface area contributed by atoms with Gasteiger partial charge in [0.05, 0.1) is 0 Å². The maximum Gasteiger partial charge on any atom is 0.128 e. The highest BCUT2D eigenvalue weighted by Gasteiger charge is 2.20. The molecule has 1 aromatic carbocycles. The second-order valence-electron chi connectivity index (χ2n) is 6.17. The zero-order valence-electron chi connectivity index (χ0n) is 12.4. The first kappa shape index (κ1) is 16.6. The van der Waals surface area contributed by atoms with Crippen molar-refractivity contribution in [2.45, 2.75) is 26.8 Å². The zero-order chi connectivity index (χ0) is 14.6. The van der Waals surface area contributed by atoms with Gasteiger partial charge in [0.1, 0.15) is 5.82 Å². The summed E-state index contributed by atoms with van der Waals surface area (Å²) in [6.07, 6.45) is 0. The van der Waals surface area contributed by atoms with E-state index in [4.69, 9.17) is 0 Å². The lowest BCUT2D eigenvalue weighted by atomic mass is 9.92. The van der Waals surface area contributed by atoms with Gasteiger partial charge in [-0.05, 0) is 44.6 Å². The average Bonchev–Trinajstić information content (AvgIpc) is 2.27. The highest BCUT2D eigenvalue weighted by Crippen LogP contribution is 2.23. The Morgan fingerprint density at radius 3 is 2.58 bits per heavy atom. The highest BCUT2D eigenvalue weighted by molar-refractivity contribution is 9.10. The van der Waals surface area contributed by atoms with Crippen molar-refractivity contribution in [3.8, 4) is 0 Å². The summed E-state index contributed by atoms with van der Waals surface area (Å²) in [4.78, 5) is 2.17. The summed E-state index contributed by atoms with van der Waals surface area (Å²) in [7, 11) is 4.14. The highest BCUT2D eigenvalue weighted by atomic mass is 79.9. The van der Waals surface area contributed by atoms with Crippen molar-refractivity contribution >= 4 is 15.9 Å². The normalized spacial score (nSPS) is 13.9. The van der Waals surface area contributed by atoms with Crippen molar-refractivity contribution in [1.29, 1.82) is 0 Å². The molecule has 0 spiro atoms. The molecule has 0 aliphatic carbocycles. The maximum atomic E-state index is 13.8. The molecule has 0 amide bonds. The van der Waals surface area contributed by atoms with E-state index in [9.17, 15) is 4.39 Å². The number of hydrogen-bond acceptors (Lipinski definition) is 2. The summed E-state index contributed by atoms with van der Waals surface area (Å²) in [5.41, 5.74) is 0.857. The first-order valence-electron chi connectivity index (χ1n) is 6.54. The van der Waals surface area contributed by atoms with E-state index in [0.29, 0.717) is 5.56 Å². The van der Waals surface area contributed by atoms with Gasteiger partial charge < -0.3 is 10.2 Å². The second kappa shape index (κ2) is 6.82. The maximum absolute atomic E-state index is 13.8. The molecule has 0 fully saturated rings. The van der Waals surface area contributed by atoms with Crippen molar-refractivity contribution < 1.29 is 4.39 Å². The van der Waals surface area contributed by atoms with E-state index in [2.05, 4.69) is 54.1 Å². The van der Waals surface area contributed by atoms with Crippen molar-refractivity contribution in [3.05, 3.63) is 34.1 Å². The molecule has 1 rings (SSSR count). The molecule has 1 unspecified atom stereocenters. The number of nitrogens with one attached hydrogen (secondary N) is 1. The summed E-state index contributed by atoms with van der Waals surface area (Å²) in [6.45, 7) is 8.26. The van der Waals surface area contributed by atoms with E-state index < -0.39 is 0 Å². The Hall–Kier alpha value is -0.450. The van der Waals surface area contributed by atoms with Crippen molar-refractivity contribution in [2.24, 2.45) is 5.41 Å². The fourth-order valence-electron chi connectivity index (χ4n) is 2.30. The summed E-state index contributed by atoms with van der Waals surface area (Å²) >= 11 is 3.39. The Morgan fingerprint density at radius 1 is 1.37 bits per heavy atom. The SMILES string of the molecule is CC(NCC(C)(C)CN(C)C)c1cc(Br)ccc1F. The van der Waals surface area contributed by atoms with Crippen LogP contribution in [0.5, 0.6) is 0 Å². The van der Waals surface area contributed by atoms with E-state index in [-0.39, 0.29) is 17.3 Å². The lowest BCUT2D eigenvalue weighted by Crippen LogP contribution is -2.38. The predicted molar refractivity (Wildman–Crippen MR) is 82.9 cm³/mol. The monoisotopic (exact) mass is 330 g/mol. The molecule has 0 aromatic heterocycles. The van der Waals surface area contributed by atoms with Crippen LogP contribution in [0.1, 0.15) is 32.4 Å². The Morgan fingerprint density at radius 2 is 2.00 bits per heavy atom. The van der Waals surface area contributed by atoms with Crippen molar-refractivity contribution in [3.63, 3.8) is 0 Å². The summed E-state index contributed by atoms with van der Waals surface area (Å²) in [6, 6.07) is 5.06. The molecule has 0 aliphatic heterocycles. The second-order valence-corrected chi connectivity index (χ2v) is 7.09. The van der Waals surface area contributed by atoms with Gasteiger partial charge in [0.25, 0.3) is 0 Å². The fourth-order valence-corrected chi connectivity index (χ4v) is 2.68. The molecule has 0 saturated heterocycles. The summed E-state index contributed by atoms with van der Waals surface area (Å²) in [5, 5.41) is 3.43. The Kier molecular flexibility index (Phi) is 5.96. The van der Waals surface area contributed by atoms with Gasteiger partial charge >= 0.3 is 0 Å². The van der Waals surface area contributed by atoms with E-state index in [1.165, 1.54) is 6.07 Å². The van der Waals surface area contributed by atoms with E-state index in [1.807, 2.05) is 13.0 Å². The van der Waals surface area contributed by atoms with Crippen LogP contribution in [-0.4, -0.2) is 32.1 Å². The molecule has 1 atom stereocenters. The molecule has 19 heavy (non-hydrogen) atoms. The molecule has 1 aromatic rings. The summed E-state index contributed by atoms with van der Waals surface area (Å²) in [5.74, 6) is -0.159. The number of rotatable bonds is 6. The predicted octanol–water partition coefficient (Wildman–Crippen LogP) is 3.83. The molecule has 0 aliphatic rings. The van der Waals surface area contributed by atoms with Crippen LogP contribution in [-0.2, 0) is 0 Å². The quantitative estimate of drug-likeness (QED) is 0.852. The van der Waals surface area contributed by atoms with E-state index in [1.54, 1.807) is 6.07 Å². The molecule has 108 valence electrons. The van der Waals surface area contributed by atoms with Gasteiger partial charge in [0.2, 0.25) is 0 Å². The zero-order valence-corrected chi connectivity index (χ0v) is 14.0. The number of benzene rings is 1. The first-order chi connectivity index (χ1) is 8.71. The van der Waals surface area contributed by atoms with Gasteiger partial charge in [-0.25, -0.2) is 4.39 Å². The Labute approximate surface area is 124 Å². The lowest BCUT2D eigenvalue weighted by Gasteiger charge is -2.30. The van der Waals surface area contributed by atoms with Crippen LogP contribution in [0.2, 0.25) is 0 Å². The van der Waals surface area contributed by atoms with Crippen LogP contribution in [0, 0.1) is 11.2 Å². The lowest BCUT2D eigenvalue weighted by molar-refractivity contribution is 0.226. The van der Waals surface area contributed by atoms with Gasteiger partial charge in [0.15, 0.2) is 0 Å². The Balaban J connectivity index is 2.65. The Bertz CT molecular complexity index is 419. The van der Waals surface area contributed by atoms with E-state index in [0.717, 1.165) is 17.6 Å². The van der Waals surface area contributed by atoms with Crippen molar-refractivity contribution in [2.75, 3.05) is 27.2 Å². The van der Waals surface area contributed by atoms with Crippen molar-refractivity contribution in [1.82, 2.24) is 10.2 Å². The molecule has 0 radical (unpaired) electrons. The first-order valence-corrected chi connectivity index (χ1v) is 7.34. The average molecular weight is 331 g/mol. The molecule has 1 N–H and O–H groups in total. The minimum Gasteiger partial charge on any atom is -0.310 e. The number of nitrogens with zero attached hydrogens (tertiary/aromatic N) is 1. The van der Waals surface area contributed by atoms with Gasteiger partial charge in [-0.1, -0.05) is 29.8 Å². The van der Waals surface area contributed by atoms with Gasteiger partial charge in [-0.3, -0.25) is 0 Å². The van der Waals surface area contributed by atoms with Gasteiger partial charge in [-0.15, -0.1) is 0 Å². The molecule has 4 heteroatoms. The standard InChI is InChI=1S/C15H24BrFN2/c1-11(13-8-12(16)6-7-14(13)17)18-9-15(2,3)10-19(4)5/h6-8,11,18H,9-10H2,1-5H3. The fraction of sp³-hybridized carbons (Fsp3) is 0.600. The number of halogens is 2. The minimum atomic E-state index is -0.159. The van der Waals surface area contributed by atoms with Crippen LogP contribution in [0.3, 0.4) is 0 Å². The molecular weight excluding hydrogens is 307 g/mol. The molecule has 0 saturated carbocycles.